The summed E-state index contributed by atoms with van der Waals surface area (Å²) in [5.74, 6) is 1.10. The molecule has 6 heteroatoms. The van der Waals surface area contributed by atoms with Crippen LogP contribution in [0.5, 0.6) is 0 Å². The molecule has 3 atom stereocenters. The molecule has 2 saturated carbocycles. The van der Waals surface area contributed by atoms with E-state index in [1.165, 1.54) is 31.4 Å². The molecule has 2 fully saturated rings. The van der Waals surface area contributed by atoms with Gasteiger partial charge < -0.3 is 10.6 Å². The van der Waals surface area contributed by atoms with Crippen molar-refractivity contribution in [3.8, 4) is 0 Å². The van der Waals surface area contributed by atoms with Crippen LogP contribution in [-0.4, -0.2) is 23.9 Å². The number of nitro benzene ring substituents is 1. The molecule has 21 heavy (non-hydrogen) atoms. The van der Waals surface area contributed by atoms with Crippen LogP contribution in [0.1, 0.15) is 36.0 Å². The summed E-state index contributed by atoms with van der Waals surface area (Å²) in [5.41, 5.74) is 0.892. The minimum Gasteiger partial charge on any atom is -0.387 e. The van der Waals surface area contributed by atoms with Crippen molar-refractivity contribution in [3.05, 3.63) is 33.9 Å². The monoisotopic (exact) mass is 289 g/mol. The number of fused-ring (bicyclic) bond motifs is 2. The lowest BCUT2D eigenvalue weighted by molar-refractivity contribution is -0.384. The Hall–Kier alpha value is -2.11. The summed E-state index contributed by atoms with van der Waals surface area (Å²) in [4.78, 5) is 22.9. The number of rotatable bonds is 4. The predicted molar refractivity (Wildman–Crippen MR) is 79.3 cm³/mol. The van der Waals surface area contributed by atoms with Gasteiger partial charge >= 0.3 is 0 Å². The number of nitrogens with zero attached hydrogens (tertiary/aromatic N) is 1. The lowest BCUT2D eigenvalue weighted by Gasteiger charge is -2.23. The van der Waals surface area contributed by atoms with Crippen molar-refractivity contribution >= 4 is 17.3 Å². The highest BCUT2D eigenvalue weighted by atomic mass is 16.6. The Morgan fingerprint density at radius 1 is 1.33 bits per heavy atom. The first kappa shape index (κ1) is 13.9. The summed E-state index contributed by atoms with van der Waals surface area (Å²) in [6, 6.07) is 4.54. The molecule has 0 heterocycles. The van der Waals surface area contributed by atoms with Crippen LogP contribution in [0.3, 0.4) is 0 Å². The number of carbonyl (C=O) groups is 1. The summed E-state index contributed by atoms with van der Waals surface area (Å²) in [5, 5.41) is 16.9. The summed E-state index contributed by atoms with van der Waals surface area (Å²) >= 11 is 0. The molecule has 6 nitrogen and oxygen atoms in total. The highest BCUT2D eigenvalue weighted by molar-refractivity contribution is 6.00. The zero-order valence-electron chi connectivity index (χ0n) is 12.0. The van der Waals surface area contributed by atoms with Crippen LogP contribution in [0.2, 0.25) is 0 Å². The van der Waals surface area contributed by atoms with Gasteiger partial charge in [-0.1, -0.05) is 6.42 Å². The number of hydrogen-bond donors (Lipinski definition) is 2. The van der Waals surface area contributed by atoms with Crippen LogP contribution in [0.25, 0.3) is 0 Å². The third kappa shape index (κ3) is 2.57. The Labute approximate surface area is 123 Å². The maximum Gasteiger partial charge on any atom is 0.270 e. The van der Waals surface area contributed by atoms with Gasteiger partial charge in [-0.05, 0) is 37.2 Å². The first-order chi connectivity index (χ1) is 10.1. The summed E-state index contributed by atoms with van der Waals surface area (Å²) < 4.78 is 0. The van der Waals surface area contributed by atoms with Crippen LogP contribution >= 0.6 is 0 Å². The molecule has 1 aromatic carbocycles. The Kier molecular flexibility index (Phi) is 3.53. The third-order valence-electron chi connectivity index (χ3n) is 4.78. The fourth-order valence-electron chi connectivity index (χ4n) is 3.72. The first-order valence-electron chi connectivity index (χ1n) is 7.35. The van der Waals surface area contributed by atoms with Crippen LogP contribution in [0, 0.1) is 22.0 Å². The molecular formula is C15H19N3O3. The fourth-order valence-corrected chi connectivity index (χ4v) is 3.72. The molecule has 3 rings (SSSR count). The lowest BCUT2D eigenvalue weighted by Crippen LogP contribution is -2.38. The summed E-state index contributed by atoms with van der Waals surface area (Å²) in [7, 11) is 1.70. The largest absolute Gasteiger partial charge is 0.387 e. The molecule has 0 aliphatic heterocycles. The summed E-state index contributed by atoms with van der Waals surface area (Å²) in [6.45, 7) is 0. The number of anilines is 1. The number of hydrogen-bond acceptors (Lipinski definition) is 4. The van der Waals surface area contributed by atoms with Crippen molar-refractivity contribution in [1.82, 2.24) is 5.32 Å². The molecule has 112 valence electrons. The maximum atomic E-state index is 12.5. The molecule has 1 aromatic rings. The van der Waals surface area contributed by atoms with E-state index in [0.717, 1.165) is 12.3 Å². The Bertz CT molecular complexity index is 588. The molecule has 2 aliphatic carbocycles. The predicted octanol–water partition coefficient (Wildman–Crippen LogP) is 2.55. The van der Waals surface area contributed by atoms with Gasteiger partial charge in [0.25, 0.3) is 11.6 Å². The summed E-state index contributed by atoms with van der Waals surface area (Å²) in [6.07, 6.45) is 4.71. The van der Waals surface area contributed by atoms with E-state index in [0.29, 0.717) is 17.2 Å². The third-order valence-corrected chi connectivity index (χ3v) is 4.78. The standard InChI is InChI=1S/C15H19N3O3/c1-16-13-5-4-11(18(20)21)8-12(13)15(19)17-14-7-9-2-3-10(14)6-9/h4-5,8-10,14,16H,2-3,6-7H2,1H3,(H,17,19). The number of carbonyl (C=O) groups excluding carboxylic acids is 1. The molecule has 0 aromatic heterocycles. The van der Waals surface area contributed by atoms with Gasteiger partial charge in [0.1, 0.15) is 0 Å². The van der Waals surface area contributed by atoms with Crippen molar-refractivity contribution in [2.75, 3.05) is 12.4 Å². The molecule has 0 spiro atoms. The zero-order valence-corrected chi connectivity index (χ0v) is 12.0. The molecule has 2 bridgehead atoms. The van der Waals surface area contributed by atoms with E-state index in [9.17, 15) is 14.9 Å². The zero-order chi connectivity index (χ0) is 15.0. The van der Waals surface area contributed by atoms with E-state index in [2.05, 4.69) is 10.6 Å². The van der Waals surface area contributed by atoms with E-state index < -0.39 is 4.92 Å². The molecule has 2 aliphatic rings. The van der Waals surface area contributed by atoms with Gasteiger partial charge in [0.2, 0.25) is 0 Å². The van der Waals surface area contributed by atoms with Gasteiger partial charge in [0.05, 0.1) is 10.5 Å². The van der Waals surface area contributed by atoms with Gasteiger partial charge in [-0.15, -0.1) is 0 Å². The van der Waals surface area contributed by atoms with E-state index in [1.807, 2.05) is 0 Å². The fraction of sp³-hybridized carbons (Fsp3) is 0.533. The van der Waals surface area contributed by atoms with Crippen molar-refractivity contribution in [1.29, 1.82) is 0 Å². The smallest absolute Gasteiger partial charge is 0.270 e. The Morgan fingerprint density at radius 2 is 2.14 bits per heavy atom. The molecule has 1 amide bonds. The second-order valence-electron chi connectivity index (χ2n) is 5.99. The number of amides is 1. The van der Waals surface area contributed by atoms with Gasteiger partial charge in [0, 0.05) is 30.9 Å². The van der Waals surface area contributed by atoms with E-state index in [1.54, 1.807) is 13.1 Å². The number of non-ortho nitro benzene ring substituents is 1. The number of benzene rings is 1. The highest BCUT2D eigenvalue weighted by Crippen LogP contribution is 2.44. The van der Waals surface area contributed by atoms with E-state index in [-0.39, 0.29) is 17.6 Å². The highest BCUT2D eigenvalue weighted by Gasteiger charge is 2.40. The van der Waals surface area contributed by atoms with Crippen LogP contribution in [-0.2, 0) is 0 Å². The van der Waals surface area contributed by atoms with Crippen molar-refractivity contribution in [2.45, 2.75) is 31.7 Å². The Balaban J connectivity index is 1.79. The van der Waals surface area contributed by atoms with Crippen molar-refractivity contribution in [2.24, 2.45) is 11.8 Å². The minimum atomic E-state index is -0.478. The normalized spacial score (nSPS) is 26.6. The minimum absolute atomic E-state index is 0.0629. The van der Waals surface area contributed by atoms with Crippen LogP contribution in [0.4, 0.5) is 11.4 Å². The quantitative estimate of drug-likeness (QED) is 0.659. The molecule has 0 saturated heterocycles. The van der Waals surface area contributed by atoms with Crippen molar-refractivity contribution in [3.63, 3.8) is 0 Å². The van der Waals surface area contributed by atoms with E-state index >= 15 is 0 Å². The lowest BCUT2D eigenvalue weighted by atomic mass is 9.95. The van der Waals surface area contributed by atoms with Gasteiger partial charge in [-0.2, -0.15) is 0 Å². The molecule has 2 N–H and O–H groups in total. The van der Waals surface area contributed by atoms with E-state index in [4.69, 9.17) is 0 Å². The van der Waals surface area contributed by atoms with Gasteiger partial charge in [0.15, 0.2) is 0 Å². The maximum absolute atomic E-state index is 12.5. The molecule has 0 radical (unpaired) electrons. The van der Waals surface area contributed by atoms with Gasteiger partial charge in [-0.3, -0.25) is 14.9 Å². The molecular weight excluding hydrogens is 270 g/mol. The first-order valence-corrected chi connectivity index (χ1v) is 7.35. The molecule has 3 unspecified atom stereocenters. The SMILES string of the molecule is CNc1ccc([N+](=O)[O-])cc1C(=O)NC1CC2CCC1C2. The second kappa shape index (κ2) is 5.35. The average molecular weight is 289 g/mol. The van der Waals surface area contributed by atoms with Crippen LogP contribution < -0.4 is 10.6 Å². The second-order valence-corrected chi connectivity index (χ2v) is 5.99. The topological polar surface area (TPSA) is 84.3 Å². The number of nitrogens with one attached hydrogen (secondary N) is 2. The number of nitro groups is 1. The Morgan fingerprint density at radius 3 is 2.71 bits per heavy atom. The van der Waals surface area contributed by atoms with Gasteiger partial charge in [-0.25, -0.2) is 0 Å². The van der Waals surface area contributed by atoms with Crippen LogP contribution in [0.15, 0.2) is 18.2 Å². The average Bonchev–Trinajstić information content (AvgIpc) is 3.08. The van der Waals surface area contributed by atoms with Crippen molar-refractivity contribution < 1.29 is 9.72 Å².